The number of anilines is 1. The van der Waals surface area contributed by atoms with E-state index in [1.165, 1.54) is 18.4 Å². The molecular weight excluding hydrogens is 250 g/mol. The van der Waals surface area contributed by atoms with Crippen LogP contribution in [0.3, 0.4) is 0 Å². The number of ether oxygens (including phenoxy) is 1. The Morgan fingerprint density at radius 3 is 2.65 bits per heavy atom. The van der Waals surface area contributed by atoms with E-state index in [1.807, 2.05) is 13.2 Å². The molecule has 1 aliphatic rings. The zero-order chi connectivity index (χ0) is 14.5. The summed E-state index contributed by atoms with van der Waals surface area (Å²) < 4.78 is 5.24. The molecule has 112 valence electrons. The first-order valence-corrected chi connectivity index (χ1v) is 7.56. The third-order valence-electron chi connectivity index (χ3n) is 4.33. The maximum absolute atomic E-state index is 5.24. The predicted molar refractivity (Wildman–Crippen MR) is 83.1 cm³/mol. The molecule has 0 amide bonds. The Balaban J connectivity index is 2.10. The molecule has 0 aromatic carbocycles. The van der Waals surface area contributed by atoms with Gasteiger partial charge in [0.05, 0.1) is 6.61 Å². The van der Waals surface area contributed by atoms with Gasteiger partial charge in [-0.1, -0.05) is 6.07 Å². The van der Waals surface area contributed by atoms with Crippen LogP contribution in [0, 0.1) is 5.92 Å². The maximum Gasteiger partial charge on any atom is 0.128 e. The van der Waals surface area contributed by atoms with E-state index in [9.17, 15) is 0 Å². The average molecular weight is 277 g/mol. The molecule has 1 fully saturated rings. The number of nitrogens with one attached hydrogen (secondary N) is 1. The molecule has 1 aromatic rings. The molecule has 20 heavy (non-hydrogen) atoms. The molecular formula is C16H27N3O. The summed E-state index contributed by atoms with van der Waals surface area (Å²) in [6.45, 7) is 6.10. The predicted octanol–water partition coefficient (Wildman–Crippen LogP) is 2.61. The van der Waals surface area contributed by atoms with E-state index < -0.39 is 0 Å². The highest BCUT2D eigenvalue weighted by Gasteiger charge is 2.32. The van der Waals surface area contributed by atoms with Crippen LogP contribution in [0.2, 0.25) is 0 Å². The van der Waals surface area contributed by atoms with Crippen LogP contribution in [0.15, 0.2) is 18.3 Å². The van der Waals surface area contributed by atoms with Crippen LogP contribution in [0.5, 0.6) is 0 Å². The highest BCUT2D eigenvalue weighted by atomic mass is 16.5. The zero-order valence-corrected chi connectivity index (χ0v) is 13.1. The van der Waals surface area contributed by atoms with Crippen molar-refractivity contribution >= 4 is 5.82 Å². The second-order valence-corrected chi connectivity index (χ2v) is 5.72. The van der Waals surface area contributed by atoms with E-state index in [0.717, 1.165) is 24.9 Å². The monoisotopic (exact) mass is 277 g/mol. The van der Waals surface area contributed by atoms with Crippen molar-refractivity contribution in [2.24, 2.45) is 5.92 Å². The molecule has 1 heterocycles. The number of rotatable bonds is 8. The molecule has 4 nitrogen and oxygen atoms in total. The van der Waals surface area contributed by atoms with Crippen molar-refractivity contribution in [2.75, 3.05) is 32.2 Å². The van der Waals surface area contributed by atoms with Crippen molar-refractivity contribution in [3.8, 4) is 0 Å². The molecule has 2 rings (SSSR count). The SMILES string of the molecule is CNC(C)c1ccc(N(CCOC)C(C)C2CC2)nc1. The van der Waals surface area contributed by atoms with E-state index in [2.05, 4.69) is 41.2 Å². The number of methoxy groups -OCH3 is 1. The average Bonchev–Trinajstić information content (AvgIpc) is 3.32. The van der Waals surface area contributed by atoms with Crippen molar-refractivity contribution < 1.29 is 4.74 Å². The van der Waals surface area contributed by atoms with Gasteiger partial charge in [-0.05, 0) is 51.3 Å². The first-order chi connectivity index (χ1) is 9.67. The Morgan fingerprint density at radius 1 is 1.40 bits per heavy atom. The molecule has 0 bridgehead atoms. The van der Waals surface area contributed by atoms with Gasteiger partial charge in [0.2, 0.25) is 0 Å². The molecule has 1 saturated carbocycles. The third-order valence-corrected chi connectivity index (χ3v) is 4.33. The standard InChI is InChI=1S/C16H27N3O/c1-12(17-3)15-7-8-16(18-11-15)19(9-10-20-4)13(2)14-5-6-14/h7-8,11-14,17H,5-6,9-10H2,1-4H3. The van der Waals surface area contributed by atoms with E-state index in [0.29, 0.717) is 12.1 Å². The van der Waals surface area contributed by atoms with Crippen LogP contribution in [0.25, 0.3) is 0 Å². The van der Waals surface area contributed by atoms with Gasteiger partial charge >= 0.3 is 0 Å². The second-order valence-electron chi connectivity index (χ2n) is 5.72. The summed E-state index contributed by atoms with van der Waals surface area (Å²) >= 11 is 0. The summed E-state index contributed by atoms with van der Waals surface area (Å²) in [7, 11) is 3.73. The summed E-state index contributed by atoms with van der Waals surface area (Å²) in [4.78, 5) is 7.05. The lowest BCUT2D eigenvalue weighted by Gasteiger charge is -2.30. The summed E-state index contributed by atoms with van der Waals surface area (Å²) in [6, 6.07) is 5.19. The Bertz CT molecular complexity index is 403. The quantitative estimate of drug-likeness (QED) is 0.792. The fourth-order valence-electron chi connectivity index (χ4n) is 2.54. The molecule has 4 heteroatoms. The van der Waals surface area contributed by atoms with Crippen molar-refractivity contribution in [1.29, 1.82) is 0 Å². The number of hydrogen-bond donors (Lipinski definition) is 1. The Labute approximate surface area is 122 Å². The van der Waals surface area contributed by atoms with Gasteiger partial charge in [-0.2, -0.15) is 0 Å². The van der Waals surface area contributed by atoms with Gasteiger partial charge in [0.15, 0.2) is 0 Å². The van der Waals surface area contributed by atoms with E-state index in [1.54, 1.807) is 7.11 Å². The summed E-state index contributed by atoms with van der Waals surface area (Å²) in [5, 5.41) is 3.24. The van der Waals surface area contributed by atoms with Crippen LogP contribution in [0.1, 0.15) is 38.3 Å². The van der Waals surface area contributed by atoms with E-state index in [-0.39, 0.29) is 0 Å². The van der Waals surface area contributed by atoms with Gasteiger partial charge < -0.3 is 15.0 Å². The molecule has 0 spiro atoms. The molecule has 0 saturated heterocycles. The van der Waals surface area contributed by atoms with Gasteiger partial charge in [-0.15, -0.1) is 0 Å². The van der Waals surface area contributed by atoms with Gasteiger partial charge in [-0.3, -0.25) is 0 Å². The van der Waals surface area contributed by atoms with Crippen molar-refractivity contribution in [3.63, 3.8) is 0 Å². The van der Waals surface area contributed by atoms with Crippen molar-refractivity contribution in [2.45, 2.75) is 38.8 Å². The third kappa shape index (κ3) is 3.70. The molecule has 2 atom stereocenters. The summed E-state index contributed by atoms with van der Waals surface area (Å²) in [6.07, 6.45) is 4.68. The number of pyridine rings is 1. The smallest absolute Gasteiger partial charge is 0.128 e. The van der Waals surface area contributed by atoms with Crippen LogP contribution >= 0.6 is 0 Å². The number of nitrogens with zero attached hydrogens (tertiary/aromatic N) is 2. The lowest BCUT2D eigenvalue weighted by Crippen LogP contribution is -2.37. The Kier molecular flexibility index (Phi) is 5.38. The van der Waals surface area contributed by atoms with Crippen LogP contribution in [-0.4, -0.2) is 38.3 Å². The fourth-order valence-corrected chi connectivity index (χ4v) is 2.54. The Hall–Kier alpha value is -1.13. The maximum atomic E-state index is 5.24. The van der Waals surface area contributed by atoms with Crippen molar-refractivity contribution in [3.05, 3.63) is 23.9 Å². The largest absolute Gasteiger partial charge is 0.383 e. The number of hydrogen-bond acceptors (Lipinski definition) is 4. The highest BCUT2D eigenvalue weighted by molar-refractivity contribution is 5.41. The first kappa shape index (κ1) is 15.3. The fraction of sp³-hybridized carbons (Fsp3) is 0.688. The van der Waals surface area contributed by atoms with Gasteiger partial charge in [0.25, 0.3) is 0 Å². The van der Waals surface area contributed by atoms with E-state index >= 15 is 0 Å². The lowest BCUT2D eigenvalue weighted by atomic mass is 10.1. The molecule has 1 aliphatic carbocycles. The van der Waals surface area contributed by atoms with Gasteiger partial charge in [0, 0.05) is 31.9 Å². The first-order valence-electron chi connectivity index (χ1n) is 7.56. The minimum absolute atomic E-state index is 0.338. The van der Waals surface area contributed by atoms with Crippen LogP contribution in [0.4, 0.5) is 5.82 Å². The van der Waals surface area contributed by atoms with Crippen molar-refractivity contribution in [1.82, 2.24) is 10.3 Å². The number of aromatic nitrogens is 1. The lowest BCUT2D eigenvalue weighted by molar-refractivity contribution is 0.202. The summed E-state index contributed by atoms with van der Waals surface area (Å²) in [5.41, 5.74) is 1.22. The molecule has 0 aliphatic heterocycles. The Morgan fingerprint density at radius 2 is 2.15 bits per heavy atom. The summed E-state index contributed by atoms with van der Waals surface area (Å²) in [5.74, 6) is 1.89. The zero-order valence-electron chi connectivity index (χ0n) is 13.1. The normalized spacial score (nSPS) is 17.8. The molecule has 1 aromatic heterocycles. The minimum Gasteiger partial charge on any atom is -0.383 e. The molecule has 0 radical (unpaired) electrons. The minimum atomic E-state index is 0.338. The van der Waals surface area contributed by atoms with E-state index in [4.69, 9.17) is 4.74 Å². The van der Waals surface area contributed by atoms with Crippen LogP contribution < -0.4 is 10.2 Å². The highest BCUT2D eigenvalue weighted by Crippen LogP contribution is 2.36. The van der Waals surface area contributed by atoms with Gasteiger partial charge in [-0.25, -0.2) is 4.98 Å². The van der Waals surface area contributed by atoms with Crippen LogP contribution in [-0.2, 0) is 4.74 Å². The molecule has 1 N–H and O–H groups in total. The topological polar surface area (TPSA) is 37.4 Å². The van der Waals surface area contributed by atoms with Gasteiger partial charge in [0.1, 0.15) is 5.82 Å². The molecule has 2 unspecified atom stereocenters. The second kappa shape index (κ2) is 7.04.